The molecule has 0 radical (unpaired) electrons. The molecular formula is C12H16O2. The molecule has 0 saturated carbocycles. The Balaban J connectivity index is 3.20. The van der Waals surface area contributed by atoms with Crippen LogP contribution in [0.5, 0.6) is 11.5 Å². The van der Waals surface area contributed by atoms with E-state index in [1.54, 1.807) is 13.2 Å². The van der Waals surface area contributed by atoms with Crippen molar-refractivity contribution in [3.8, 4) is 11.5 Å². The number of aromatic hydroxyl groups is 1. The maximum absolute atomic E-state index is 9.41. The highest BCUT2D eigenvalue weighted by Crippen LogP contribution is 2.29. The standard InChI is InChI=1S/C12H16O2/c1-8(2)9(3)10-5-6-11(13)12(7-10)14-4/h5-7,13H,1-4H3. The van der Waals surface area contributed by atoms with E-state index in [2.05, 4.69) is 20.8 Å². The molecule has 0 fully saturated rings. The minimum atomic E-state index is 0.179. The van der Waals surface area contributed by atoms with Crippen LogP contribution in [0.2, 0.25) is 0 Å². The van der Waals surface area contributed by atoms with Crippen LogP contribution in [0.4, 0.5) is 0 Å². The number of methoxy groups -OCH3 is 1. The molecule has 0 spiro atoms. The molecule has 0 atom stereocenters. The van der Waals surface area contributed by atoms with Gasteiger partial charge in [0.05, 0.1) is 7.11 Å². The van der Waals surface area contributed by atoms with Crippen molar-refractivity contribution in [2.24, 2.45) is 0 Å². The van der Waals surface area contributed by atoms with Crippen molar-refractivity contribution < 1.29 is 9.84 Å². The summed E-state index contributed by atoms with van der Waals surface area (Å²) in [5.41, 5.74) is 3.56. The smallest absolute Gasteiger partial charge is 0.161 e. The van der Waals surface area contributed by atoms with Gasteiger partial charge in [-0.2, -0.15) is 0 Å². The van der Waals surface area contributed by atoms with Crippen LogP contribution in [0, 0.1) is 0 Å². The van der Waals surface area contributed by atoms with E-state index in [9.17, 15) is 5.11 Å². The molecule has 0 aromatic heterocycles. The van der Waals surface area contributed by atoms with Crippen molar-refractivity contribution in [3.63, 3.8) is 0 Å². The number of hydrogen-bond donors (Lipinski definition) is 1. The second-order valence-corrected chi connectivity index (χ2v) is 3.51. The van der Waals surface area contributed by atoms with Crippen LogP contribution < -0.4 is 4.74 Å². The first kappa shape index (κ1) is 10.6. The third-order valence-electron chi connectivity index (χ3n) is 2.36. The SMILES string of the molecule is COc1cc(C(C)=C(C)C)ccc1O. The van der Waals surface area contributed by atoms with E-state index in [1.807, 2.05) is 12.1 Å². The number of allylic oxidation sites excluding steroid dienone is 2. The number of ether oxygens (including phenoxy) is 1. The predicted octanol–water partition coefficient (Wildman–Crippen LogP) is 3.21. The van der Waals surface area contributed by atoms with Gasteiger partial charge in [-0.3, -0.25) is 0 Å². The van der Waals surface area contributed by atoms with Gasteiger partial charge in [0.2, 0.25) is 0 Å². The molecule has 0 bridgehead atoms. The monoisotopic (exact) mass is 192 g/mol. The molecule has 1 N–H and O–H groups in total. The molecule has 0 aliphatic carbocycles. The molecule has 0 aliphatic rings. The average molecular weight is 192 g/mol. The van der Waals surface area contributed by atoms with Crippen LogP contribution in [0.1, 0.15) is 26.3 Å². The lowest BCUT2D eigenvalue weighted by Gasteiger charge is -2.08. The highest BCUT2D eigenvalue weighted by molar-refractivity contribution is 5.68. The number of rotatable bonds is 2. The molecule has 0 aliphatic heterocycles. The fourth-order valence-electron chi connectivity index (χ4n) is 1.20. The Morgan fingerprint density at radius 2 is 1.86 bits per heavy atom. The van der Waals surface area contributed by atoms with Gasteiger partial charge in [0.1, 0.15) is 0 Å². The Kier molecular flexibility index (Phi) is 3.18. The van der Waals surface area contributed by atoms with Gasteiger partial charge >= 0.3 is 0 Å². The predicted molar refractivity (Wildman–Crippen MR) is 58.6 cm³/mol. The van der Waals surface area contributed by atoms with Crippen molar-refractivity contribution >= 4 is 5.57 Å². The van der Waals surface area contributed by atoms with E-state index in [4.69, 9.17) is 4.74 Å². The van der Waals surface area contributed by atoms with Crippen molar-refractivity contribution in [1.29, 1.82) is 0 Å². The summed E-state index contributed by atoms with van der Waals surface area (Å²) in [6.07, 6.45) is 0. The van der Waals surface area contributed by atoms with Gasteiger partial charge in [-0.1, -0.05) is 11.6 Å². The molecule has 14 heavy (non-hydrogen) atoms. The topological polar surface area (TPSA) is 29.5 Å². The van der Waals surface area contributed by atoms with Gasteiger partial charge in [-0.05, 0) is 44.0 Å². The molecule has 2 nitrogen and oxygen atoms in total. The Labute approximate surface area is 84.8 Å². The summed E-state index contributed by atoms with van der Waals surface area (Å²) in [6, 6.07) is 5.39. The van der Waals surface area contributed by atoms with E-state index >= 15 is 0 Å². The maximum atomic E-state index is 9.41. The highest BCUT2D eigenvalue weighted by atomic mass is 16.5. The second-order valence-electron chi connectivity index (χ2n) is 3.51. The van der Waals surface area contributed by atoms with Crippen molar-refractivity contribution in [3.05, 3.63) is 29.3 Å². The van der Waals surface area contributed by atoms with Crippen LogP contribution >= 0.6 is 0 Å². The molecule has 1 aromatic carbocycles. The van der Waals surface area contributed by atoms with Gasteiger partial charge in [-0.15, -0.1) is 0 Å². The fraction of sp³-hybridized carbons (Fsp3) is 0.333. The minimum absolute atomic E-state index is 0.179. The van der Waals surface area contributed by atoms with Gasteiger partial charge in [0, 0.05) is 0 Å². The summed E-state index contributed by atoms with van der Waals surface area (Å²) >= 11 is 0. The molecule has 0 saturated heterocycles. The van der Waals surface area contributed by atoms with Gasteiger partial charge in [0.25, 0.3) is 0 Å². The normalized spacial score (nSPS) is 9.71. The summed E-state index contributed by atoms with van der Waals surface area (Å²) in [4.78, 5) is 0. The molecule has 1 rings (SSSR count). The van der Waals surface area contributed by atoms with E-state index < -0.39 is 0 Å². The number of phenolic OH excluding ortho intramolecular Hbond substituents is 1. The van der Waals surface area contributed by atoms with E-state index in [0.717, 1.165) is 5.56 Å². The second kappa shape index (κ2) is 4.18. The summed E-state index contributed by atoms with van der Waals surface area (Å²) < 4.78 is 5.04. The quantitative estimate of drug-likeness (QED) is 0.779. The number of hydrogen-bond acceptors (Lipinski definition) is 2. The molecule has 2 heteroatoms. The zero-order valence-corrected chi connectivity index (χ0v) is 9.09. The molecular weight excluding hydrogens is 176 g/mol. The minimum Gasteiger partial charge on any atom is -0.504 e. The lowest BCUT2D eigenvalue weighted by molar-refractivity contribution is 0.373. The first-order valence-electron chi connectivity index (χ1n) is 4.57. The number of benzene rings is 1. The first-order valence-corrected chi connectivity index (χ1v) is 4.57. The zero-order valence-electron chi connectivity index (χ0n) is 9.09. The summed E-state index contributed by atoms with van der Waals surface area (Å²) in [5, 5.41) is 9.41. The molecule has 0 amide bonds. The first-order chi connectivity index (χ1) is 6.56. The number of phenols is 1. The van der Waals surface area contributed by atoms with Crippen molar-refractivity contribution in [2.45, 2.75) is 20.8 Å². The lowest BCUT2D eigenvalue weighted by Crippen LogP contribution is -1.87. The van der Waals surface area contributed by atoms with Gasteiger partial charge in [0.15, 0.2) is 11.5 Å². The van der Waals surface area contributed by atoms with Crippen LogP contribution in [-0.2, 0) is 0 Å². The third kappa shape index (κ3) is 2.08. The van der Waals surface area contributed by atoms with Crippen molar-refractivity contribution in [2.75, 3.05) is 7.11 Å². The summed E-state index contributed by atoms with van der Waals surface area (Å²) in [5.74, 6) is 0.695. The fourth-order valence-corrected chi connectivity index (χ4v) is 1.20. The average Bonchev–Trinajstić information content (AvgIpc) is 2.17. The largest absolute Gasteiger partial charge is 0.504 e. The summed E-state index contributed by atoms with van der Waals surface area (Å²) in [7, 11) is 1.55. The molecule has 0 heterocycles. The van der Waals surface area contributed by atoms with Gasteiger partial charge < -0.3 is 9.84 Å². The summed E-state index contributed by atoms with van der Waals surface area (Å²) in [6.45, 7) is 6.19. The van der Waals surface area contributed by atoms with Gasteiger partial charge in [-0.25, -0.2) is 0 Å². The zero-order chi connectivity index (χ0) is 10.7. The van der Waals surface area contributed by atoms with E-state index in [0.29, 0.717) is 5.75 Å². The van der Waals surface area contributed by atoms with Crippen LogP contribution in [0.15, 0.2) is 23.8 Å². The van der Waals surface area contributed by atoms with Crippen LogP contribution in [0.3, 0.4) is 0 Å². The molecule has 76 valence electrons. The molecule has 1 aromatic rings. The Hall–Kier alpha value is -1.44. The third-order valence-corrected chi connectivity index (χ3v) is 2.36. The maximum Gasteiger partial charge on any atom is 0.161 e. The Morgan fingerprint density at radius 3 is 2.36 bits per heavy atom. The van der Waals surface area contributed by atoms with Crippen LogP contribution in [-0.4, -0.2) is 12.2 Å². The van der Waals surface area contributed by atoms with E-state index in [-0.39, 0.29) is 5.75 Å². The van der Waals surface area contributed by atoms with Crippen LogP contribution in [0.25, 0.3) is 5.57 Å². The highest BCUT2D eigenvalue weighted by Gasteiger charge is 2.04. The Bertz CT molecular complexity index is 361. The molecule has 0 unspecified atom stereocenters. The Morgan fingerprint density at radius 1 is 1.21 bits per heavy atom. The van der Waals surface area contributed by atoms with E-state index in [1.165, 1.54) is 11.1 Å². The lowest BCUT2D eigenvalue weighted by atomic mass is 10.0. The van der Waals surface area contributed by atoms with Crippen molar-refractivity contribution in [1.82, 2.24) is 0 Å².